The van der Waals surface area contributed by atoms with E-state index in [-0.39, 0.29) is 5.91 Å². The molecule has 0 saturated carbocycles. The van der Waals surface area contributed by atoms with Crippen molar-refractivity contribution in [1.29, 1.82) is 0 Å². The molecule has 19 heavy (non-hydrogen) atoms. The summed E-state index contributed by atoms with van der Waals surface area (Å²) in [5.74, 6) is 0.533. The molecular formula is C14H15N3O2. The van der Waals surface area contributed by atoms with Crippen LogP contribution in [0.4, 0.5) is 5.69 Å². The highest BCUT2D eigenvalue weighted by Crippen LogP contribution is 2.25. The topological polar surface area (TPSA) is 72.4 Å². The lowest BCUT2D eigenvalue weighted by molar-refractivity contribution is 0.0724. The van der Waals surface area contributed by atoms with Crippen LogP contribution in [-0.4, -0.2) is 22.5 Å². The van der Waals surface area contributed by atoms with Gasteiger partial charge in [0.1, 0.15) is 5.76 Å². The van der Waals surface area contributed by atoms with Crippen LogP contribution in [0, 0.1) is 6.92 Å². The zero-order chi connectivity index (χ0) is 13.4. The average Bonchev–Trinajstić information content (AvgIpc) is 2.85. The van der Waals surface area contributed by atoms with Crippen LogP contribution in [0.3, 0.4) is 0 Å². The molecule has 5 nitrogen and oxygen atoms in total. The van der Waals surface area contributed by atoms with Crippen LogP contribution < -0.4 is 5.73 Å². The van der Waals surface area contributed by atoms with Gasteiger partial charge in [0.05, 0.1) is 0 Å². The molecule has 5 heteroatoms. The fraction of sp³-hybridized carbons (Fsp3) is 0.286. The molecule has 0 unspecified atom stereocenters. The fourth-order valence-electron chi connectivity index (χ4n) is 2.41. The van der Waals surface area contributed by atoms with Crippen molar-refractivity contribution in [2.45, 2.75) is 19.9 Å². The molecule has 1 amide bonds. The number of carbonyl (C=O) groups excluding carboxylic acids is 1. The maximum Gasteiger partial charge on any atom is 0.276 e. The second kappa shape index (κ2) is 4.42. The normalized spacial score (nSPS) is 14.3. The first kappa shape index (κ1) is 11.8. The lowest BCUT2D eigenvalue weighted by atomic mass is 9.98. The molecule has 0 atom stereocenters. The molecule has 3 rings (SSSR count). The van der Waals surface area contributed by atoms with E-state index in [1.165, 1.54) is 5.56 Å². The van der Waals surface area contributed by atoms with Gasteiger partial charge in [0.25, 0.3) is 5.91 Å². The number of nitrogens with zero attached hydrogens (tertiary/aromatic N) is 2. The Bertz CT molecular complexity index is 633. The second-order valence-electron chi connectivity index (χ2n) is 4.78. The first-order chi connectivity index (χ1) is 9.15. The molecule has 0 aliphatic carbocycles. The van der Waals surface area contributed by atoms with E-state index in [4.69, 9.17) is 10.3 Å². The number of hydrogen-bond donors (Lipinski definition) is 1. The van der Waals surface area contributed by atoms with Gasteiger partial charge in [0.15, 0.2) is 5.69 Å². The summed E-state index contributed by atoms with van der Waals surface area (Å²) in [6.45, 7) is 2.99. The predicted octanol–water partition coefficient (Wildman–Crippen LogP) is 1.76. The first-order valence-electron chi connectivity index (χ1n) is 6.24. The highest BCUT2D eigenvalue weighted by molar-refractivity contribution is 5.92. The number of benzene rings is 1. The second-order valence-corrected chi connectivity index (χ2v) is 4.78. The van der Waals surface area contributed by atoms with E-state index in [1.807, 2.05) is 12.1 Å². The molecule has 1 aromatic heterocycles. The number of aryl methyl sites for hydroxylation is 1. The molecule has 2 aromatic rings. The number of nitrogens with two attached hydrogens (primary N) is 1. The van der Waals surface area contributed by atoms with Gasteiger partial charge >= 0.3 is 0 Å². The summed E-state index contributed by atoms with van der Waals surface area (Å²) in [5.41, 5.74) is 9.34. The van der Waals surface area contributed by atoms with Crippen molar-refractivity contribution in [1.82, 2.24) is 10.1 Å². The summed E-state index contributed by atoms with van der Waals surface area (Å²) in [5, 5.41) is 3.77. The van der Waals surface area contributed by atoms with Gasteiger partial charge in [-0.15, -0.1) is 0 Å². The number of aromatic nitrogens is 1. The lowest BCUT2D eigenvalue weighted by Gasteiger charge is -2.29. The Kier molecular flexibility index (Phi) is 2.74. The highest BCUT2D eigenvalue weighted by atomic mass is 16.5. The van der Waals surface area contributed by atoms with Crippen LogP contribution in [0.15, 0.2) is 28.8 Å². The standard InChI is InChI=1S/C14H15N3O2/c1-9-7-13(16-19-9)14(18)17-6-5-10-3-2-4-12(15)11(10)8-17/h2-4,7H,5-6,8,15H2,1H3. The Morgan fingerprint density at radius 1 is 1.47 bits per heavy atom. The first-order valence-corrected chi connectivity index (χ1v) is 6.24. The fourth-order valence-corrected chi connectivity index (χ4v) is 2.41. The quantitative estimate of drug-likeness (QED) is 0.790. The van der Waals surface area contributed by atoms with Gasteiger partial charge in [0.2, 0.25) is 0 Å². The van der Waals surface area contributed by atoms with Crippen molar-refractivity contribution >= 4 is 11.6 Å². The molecule has 2 N–H and O–H groups in total. The Morgan fingerprint density at radius 3 is 3.05 bits per heavy atom. The number of anilines is 1. The molecule has 98 valence electrons. The number of hydrogen-bond acceptors (Lipinski definition) is 4. The van der Waals surface area contributed by atoms with Crippen LogP contribution in [0.2, 0.25) is 0 Å². The Morgan fingerprint density at radius 2 is 2.32 bits per heavy atom. The number of rotatable bonds is 1. The third-order valence-corrected chi connectivity index (χ3v) is 3.44. The van der Waals surface area contributed by atoms with E-state index < -0.39 is 0 Å². The molecule has 0 fully saturated rings. The van der Waals surface area contributed by atoms with Gasteiger partial charge in [-0.05, 0) is 30.5 Å². The lowest BCUT2D eigenvalue weighted by Crippen LogP contribution is -2.36. The Hall–Kier alpha value is -2.30. The molecule has 1 aromatic carbocycles. The Labute approximate surface area is 111 Å². The molecule has 0 spiro atoms. The van der Waals surface area contributed by atoms with Gasteiger partial charge in [-0.3, -0.25) is 4.79 Å². The molecule has 0 bridgehead atoms. The van der Waals surface area contributed by atoms with Gasteiger partial charge in [-0.2, -0.15) is 0 Å². The van der Waals surface area contributed by atoms with Crippen LogP contribution in [-0.2, 0) is 13.0 Å². The smallest absolute Gasteiger partial charge is 0.276 e. The summed E-state index contributed by atoms with van der Waals surface area (Å²) < 4.78 is 4.95. The zero-order valence-corrected chi connectivity index (χ0v) is 10.7. The van der Waals surface area contributed by atoms with Crippen LogP contribution in [0.1, 0.15) is 27.4 Å². The zero-order valence-electron chi connectivity index (χ0n) is 10.7. The minimum atomic E-state index is -0.106. The summed E-state index contributed by atoms with van der Waals surface area (Å²) in [6, 6.07) is 7.54. The summed E-state index contributed by atoms with van der Waals surface area (Å²) in [7, 11) is 0. The molecule has 0 radical (unpaired) electrons. The van der Waals surface area contributed by atoms with E-state index in [0.717, 1.165) is 17.7 Å². The highest BCUT2D eigenvalue weighted by Gasteiger charge is 2.24. The van der Waals surface area contributed by atoms with E-state index in [0.29, 0.717) is 24.5 Å². The van der Waals surface area contributed by atoms with Crippen molar-refractivity contribution in [3.05, 3.63) is 46.8 Å². The van der Waals surface area contributed by atoms with Gasteiger partial charge in [0, 0.05) is 24.8 Å². The summed E-state index contributed by atoms with van der Waals surface area (Å²) in [4.78, 5) is 14.1. The van der Waals surface area contributed by atoms with Crippen LogP contribution >= 0.6 is 0 Å². The van der Waals surface area contributed by atoms with E-state index >= 15 is 0 Å². The minimum absolute atomic E-state index is 0.106. The minimum Gasteiger partial charge on any atom is -0.398 e. The van der Waals surface area contributed by atoms with Crippen molar-refractivity contribution in [2.24, 2.45) is 0 Å². The van der Waals surface area contributed by atoms with Crippen molar-refractivity contribution < 1.29 is 9.32 Å². The Balaban J connectivity index is 1.86. The third kappa shape index (κ3) is 2.07. The largest absolute Gasteiger partial charge is 0.398 e. The maximum atomic E-state index is 12.3. The van der Waals surface area contributed by atoms with E-state index in [2.05, 4.69) is 11.2 Å². The predicted molar refractivity (Wildman–Crippen MR) is 70.5 cm³/mol. The van der Waals surface area contributed by atoms with Gasteiger partial charge < -0.3 is 15.2 Å². The monoisotopic (exact) mass is 257 g/mol. The number of nitrogen functional groups attached to an aromatic ring is 1. The molecule has 2 heterocycles. The van der Waals surface area contributed by atoms with Crippen LogP contribution in [0.25, 0.3) is 0 Å². The maximum absolute atomic E-state index is 12.3. The van der Waals surface area contributed by atoms with Crippen molar-refractivity contribution in [2.75, 3.05) is 12.3 Å². The number of amides is 1. The molecule has 1 aliphatic heterocycles. The van der Waals surface area contributed by atoms with E-state index in [1.54, 1.807) is 17.9 Å². The molecular weight excluding hydrogens is 242 g/mol. The van der Waals surface area contributed by atoms with Gasteiger partial charge in [-0.1, -0.05) is 17.3 Å². The average molecular weight is 257 g/mol. The molecule has 0 saturated heterocycles. The summed E-state index contributed by atoms with van der Waals surface area (Å²) >= 11 is 0. The SMILES string of the molecule is Cc1cc(C(=O)N2CCc3cccc(N)c3C2)no1. The van der Waals surface area contributed by atoms with Crippen molar-refractivity contribution in [3.63, 3.8) is 0 Å². The summed E-state index contributed by atoms with van der Waals surface area (Å²) in [6.07, 6.45) is 0.822. The van der Waals surface area contributed by atoms with Crippen molar-refractivity contribution in [3.8, 4) is 0 Å². The number of fused-ring (bicyclic) bond motifs is 1. The van der Waals surface area contributed by atoms with Gasteiger partial charge in [-0.25, -0.2) is 0 Å². The molecule has 1 aliphatic rings. The van der Waals surface area contributed by atoms with Crippen LogP contribution in [0.5, 0.6) is 0 Å². The number of carbonyl (C=O) groups is 1. The third-order valence-electron chi connectivity index (χ3n) is 3.44. The van der Waals surface area contributed by atoms with E-state index in [9.17, 15) is 4.79 Å².